The van der Waals surface area contributed by atoms with E-state index in [1.807, 2.05) is 12.1 Å². The highest BCUT2D eigenvalue weighted by Gasteiger charge is 2.30. The number of benzene rings is 3. The summed E-state index contributed by atoms with van der Waals surface area (Å²) in [6.07, 6.45) is -2.61. The summed E-state index contributed by atoms with van der Waals surface area (Å²) in [5.74, 6) is -0.939. The fourth-order valence-corrected chi connectivity index (χ4v) is 3.50. The predicted molar refractivity (Wildman–Crippen MR) is 117 cm³/mol. The average molecular weight is 453 g/mol. The van der Waals surface area contributed by atoms with E-state index < -0.39 is 17.6 Å². The second kappa shape index (κ2) is 8.79. The number of anilines is 1. The second-order valence-corrected chi connectivity index (χ2v) is 7.39. The van der Waals surface area contributed by atoms with Crippen LogP contribution in [0, 0.1) is 0 Å². The first-order valence-corrected chi connectivity index (χ1v) is 9.86. The molecule has 168 valence electrons. The third kappa shape index (κ3) is 4.88. The van der Waals surface area contributed by atoms with E-state index in [-0.39, 0.29) is 17.9 Å². The van der Waals surface area contributed by atoms with Crippen LogP contribution in [-0.4, -0.2) is 22.0 Å². The van der Waals surface area contributed by atoms with Crippen LogP contribution in [0.3, 0.4) is 0 Å². The number of amides is 2. The minimum absolute atomic E-state index is 0.0648. The minimum atomic E-state index is -4.39. The average Bonchev–Trinajstić information content (AvgIpc) is 3.20. The summed E-state index contributed by atoms with van der Waals surface area (Å²) in [7, 11) is 0. The van der Waals surface area contributed by atoms with Crippen molar-refractivity contribution in [2.45, 2.75) is 12.6 Å². The van der Waals surface area contributed by atoms with Crippen LogP contribution < -0.4 is 10.8 Å². The Hall–Kier alpha value is -4.11. The summed E-state index contributed by atoms with van der Waals surface area (Å²) in [5, 5.41) is 12.2. The standard InChI is InChI=1S/C24H18F3N3O3/c25-24(26,27)18-6-1-14(2-7-18)16-5-10-21-20(11-16)17(13-28-21)12-22(31)29-19-8-3-15(4-9-19)23(32)30-33/h1-11,13,28,33H,12H2,(H,29,31)(H,30,32). The molecule has 0 saturated heterocycles. The van der Waals surface area contributed by atoms with Crippen LogP contribution in [0.4, 0.5) is 18.9 Å². The van der Waals surface area contributed by atoms with E-state index >= 15 is 0 Å². The summed E-state index contributed by atoms with van der Waals surface area (Å²) < 4.78 is 38.5. The molecule has 9 heteroatoms. The number of nitrogens with one attached hydrogen (secondary N) is 3. The number of aromatic nitrogens is 1. The first kappa shape index (κ1) is 22.1. The van der Waals surface area contributed by atoms with Crippen LogP contribution in [0.1, 0.15) is 21.5 Å². The monoisotopic (exact) mass is 453 g/mol. The number of fused-ring (bicyclic) bond motifs is 1. The van der Waals surface area contributed by atoms with Gasteiger partial charge in [0.2, 0.25) is 5.91 Å². The highest BCUT2D eigenvalue weighted by molar-refractivity contribution is 5.98. The lowest BCUT2D eigenvalue weighted by molar-refractivity contribution is -0.137. The van der Waals surface area contributed by atoms with Gasteiger partial charge < -0.3 is 10.3 Å². The Morgan fingerprint density at radius 2 is 1.58 bits per heavy atom. The molecule has 0 aliphatic carbocycles. The molecule has 33 heavy (non-hydrogen) atoms. The normalized spacial score (nSPS) is 11.4. The fraction of sp³-hybridized carbons (Fsp3) is 0.0833. The van der Waals surface area contributed by atoms with Crippen LogP contribution >= 0.6 is 0 Å². The first-order valence-electron chi connectivity index (χ1n) is 9.86. The maximum absolute atomic E-state index is 12.8. The van der Waals surface area contributed by atoms with Crippen molar-refractivity contribution < 1.29 is 28.0 Å². The maximum Gasteiger partial charge on any atom is 0.416 e. The Balaban J connectivity index is 1.51. The number of carbonyl (C=O) groups is 2. The Morgan fingerprint density at radius 3 is 2.21 bits per heavy atom. The van der Waals surface area contributed by atoms with E-state index in [0.29, 0.717) is 11.3 Å². The first-order chi connectivity index (χ1) is 15.7. The molecule has 0 saturated carbocycles. The van der Waals surface area contributed by atoms with E-state index in [1.54, 1.807) is 24.4 Å². The number of alkyl halides is 3. The summed E-state index contributed by atoms with van der Waals surface area (Å²) >= 11 is 0. The van der Waals surface area contributed by atoms with Gasteiger partial charge in [-0.05, 0) is 65.2 Å². The van der Waals surface area contributed by atoms with Gasteiger partial charge in [0.1, 0.15) is 0 Å². The van der Waals surface area contributed by atoms with E-state index in [0.717, 1.165) is 34.2 Å². The number of H-pyrrole nitrogens is 1. The molecular formula is C24H18F3N3O3. The van der Waals surface area contributed by atoms with Crippen LogP contribution in [0.15, 0.2) is 72.9 Å². The van der Waals surface area contributed by atoms with Crippen LogP contribution in [-0.2, 0) is 17.4 Å². The molecule has 6 nitrogen and oxygen atoms in total. The highest BCUT2D eigenvalue weighted by Crippen LogP contribution is 2.32. The smallest absolute Gasteiger partial charge is 0.361 e. The Kier molecular flexibility index (Phi) is 5.89. The van der Waals surface area contributed by atoms with Gasteiger partial charge in [0.05, 0.1) is 12.0 Å². The molecule has 0 unspecified atom stereocenters. The molecule has 0 fully saturated rings. The quantitative estimate of drug-likeness (QED) is 0.249. The largest absolute Gasteiger partial charge is 0.416 e. The topological polar surface area (TPSA) is 94.2 Å². The number of aromatic amines is 1. The van der Waals surface area contributed by atoms with Crippen molar-refractivity contribution >= 4 is 28.4 Å². The van der Waals surface area contributed by atoms with Crippen molar-refractivity contribution in [2.24, 2.45) is 0 Å². The number of halogens is 3. The number of hydrogen-bond acceptors (Lipinski definition) is 3. The fourth-order valence-electron chi connectivity index (χ4n) is 3.50. The SMILES string of the molecule is O=C(Cc1c[nH]c2ccc(-c3ccc(C(F)(F)F)cc3)cc12)Nc1ccc(C(=O)NO)cc1. The number of hydroxylamine groups is 1. The molecule has 0 aliphatic heterocycles. The Morgan fingerprint density at radius 1 is 0.909 bits per heavy atom. The second-order valence-electron chi connectivity index (χ2n) is 7.39. The molecule has 0 radical (unpaired) electrons. The van der Waals surface area contributed by atoms with Gasteiger partial charge in [-0.3, -0.25) is 14.8 Å². The van der Waals surface area contributed by atoms with Crippen molar-refractivity contribution in [1.29, 1.82) is 0 Å². The third-order valence-corrected chi connectivity index (χ3v) is 5.20. The molecule has 2 amide bonds. The molecular weight excluding hydrogens is 435 g/mol. The lowest BCUT2D eigenvalue weighted by Crippen LogP contribution is -2.18. The van der Waals surface area contributed by atoms with Crippen LogP contribution in [0.25, 0.3) is 22.0 Å². The van der Waals surface area contributed by atoms with Gasteiger partial charge in [-0.2, -0.15) is 13.2 Å². The minimum Gasteiger partial charge on any atom is -0.361 e. The molecule has 0 spiro atoms. The predicted octanol–water partition coefficient (Wildman–Crippen LogP) is 5.15. The van der Waals surface area contributed by atoms with E-state index in [2.05, 4.69) is 10.3 Å². The van der Waals surface area contributed by atoms with Gasteiger partial charge in [0.25, 0.3) is 5.91 Å². The number of rotatable bonds is 5. The zero-order chi connectivity index (χ0) is 23.6. The summed E-state index contributed by atoms with van der Waals surface area (Å²) in [6.45, 7) is 0. The highest BCUT2D eigenvalue weighted by atomic mass is 19.4. The van der Waals surface area contributed by atoms with Gasteiger partial charge >= 0.3 is 6.18 Å². The lowest BCUT2D eigenvalue weighted by atomic mass is 10.0. The Labute approximate surface area is 186 Å². The van der Waals surface area contributed by atoms with Crippen molar-refractivity contribution in [3.8, 4) is 11.1 Å². The maximum atomic E-state index is 12.8. The van der Waals surface area contributed by atoms with Gasteiger partial charge in [-0.25, -0.2) is 5.48 Å². The van der Waals surface area contributed by atoms with Gasteiger partial charge in [-0.1, -0.05) is 18.2 Å². The van der Waals surface area contributed by atoms with Crippen LogP contribution in [0.2, 0.25) is 0 Å². The van der Waals surface area contributed by atoms with E-state index in [9.17, 15) is 22.8 Å². The molecule has 1 heterocycles. The molecule has 0 bridgehead atoms. The molecule has 0 aliphatic rings. The van der Waals surface area contributed by atoms with Crippen LogP contribution in [0.5, 0.6) is 0 Å². The van der Waals surface area contributed by atoms with Crippen molar-refractivity contribution in [3.05, 3.63) is 89.6 Å². The van der Waals surface area contributed by atoms with Crippen molar-refractivity contribution in [3.63, 3.8) is 0 Å². The summed E-state index contributed by atoms with van der Waals surface area (Å²) in [6, 6.07) is 16.4. The van der Waals surface area contributed by atoms with Gasteiger partial charge in [0, 0.05) is 28.4 Å². The molecule has 4 aromatic rings. The molecule has 0 atom stereocenters. The Bertz CT molecular complexity index is 1310. The molecule has 4 N–H and O–H groups in total. The molecule has 1 aromatic heterocycles. The molecule has 3 aromatic carbocycles. The van der Waals surface area contributed by atoms with Crippen molar-refractivity contribution in [2.75, 3.05) is 5.32 Å². The number of carbonyl (C=O) groups excluding carboxylic acids is 2. The zero-order valence-corrected chi connectivity index (χ0v) is 17.0. The summed E-state index contributed by atoms with van der Waals surface area (Å²) in [5.41, 5.74) is 4.44. The number of hydrogen-bond donors (Lipinski definition) is 4. The third-order valence-electron chi connectivity index (χ3n) is 5.20. The van der Waals surface area contributed by atoms with Crippen molar-refractivity contribution in [1.82, 2.24) is 10.5 Å². The van der Waals surface area contributed by atoms with Gasteiger partial charge in [-0.15, -0.1) is 0 Å². The summed E-state index contributed by atoms with van der Waals surface area (Å²) in [4.78, 5) is 27.0. The van der Waals surface area contributed by atoms with E-state index in [4.69, 9.17) is 5.21 Å². The molecule has 4 rings (SSSR count). The van der Waals surface area contributed by atoms with Gasteiger partial charge in [0.15, 0.2) is 0 Å². The lowest BCUT2D eigenvalue weighted by Gasteiger charge is -2.08. The van der Waals surface area contributed by atoms with E-state index in [1.165, 1.54) is 29.7 Å². The zero-order valence-electron chi connectivity index (χ0n) is 17.0.